The van der Waals surface area contributed by atoms with Gasteiger partial charge in [-0.2, -0.15) is 0 Å². The average Bonchev–Trinajstić information content (AvgIpc) is 2.76. The summed E-state index contributed by atoms with van der Waals surface area (Å²) in [4.78, 5) is 4.16. The largest absolute Gasteiger partial charge is 0.488 e. The van der Waals surface area contributed by atoms with Gasteiger partial charge in [-0.25, -0.2) is 4.99 Å². The molecule has 0 saturated heterocycles. The van der Waals surface area contributed by atoms with Gasteiger partial charge < -0.3 is 15.8 Å². The fraction of sp³-hybridized carbons (Fsp3) is 0.357. The molecule has 1 unspecified atom stereocenters. The van der Waals surface area contributed by atoms with E-state index >= 15 is 0 Å². The number of rotatable bonds is 4. The topological polar surface area (TPSA) is 59.6 Å². The lowest BCUT2D eigenvalue weighted by molar-refractivity contribution is 0.235. The first-order valence-corrected chi connectivity index (χ1v) is 6.08. The summed E-state index contributed by atoms with van der Waals surface area (Å²) in [7, 11) is 0. The van der Waals surface area contributed by atoms with Gasteiger partial charge in [-0.05, 0) is 18.6 Å². The second-order valence-corrected chi connectivity index (χ2v) is 4.59. The highest BCUT2D eigenvalue weighted by Gasteiger charge is 2.21. The zero-order valence-corrected chi connectivity index (χ0v) is 10.6. The van der Waals surface area contributed by atoms with Crippen LogP contribution >= 0.6 is 0 Å². The minimum Gasteiger partial charge on any atom is -0.488 e. The Morgan fingerprint density at radius 1 is 1.56 bits per heavy atom. The summed E-state index contributed by atoms with van der Waals surface area (Å²) in [5.41, 5.74) is 7.99. The molecule has 96 valence electrons. The van der Waals surface area contributed by atoms with E-state index in [9.17, 15) is 0 Å². The summed E-state index contributed by atoms with van der Waals surface area (Å²) in [6.45, 7) is 6.93. The van der Waals surface area contributed by atoms with Crippen molar-refractivity contribution in [2.24, 2.45) is 10.7 Å². The molecule has 4 heteroatoms. The number of para-hydroxylation sites is 1. The maximum absolute atomic E-state index is 5.79. The maximum atomic E-state index is 5.79. The summed E-state index contributed by atoms with van der Waals surface area (Å²) in [6, 6.07) is 8.10. The van der Waals surface area contributed by atoms with Gasteiger partial charge in [-0.3, -0.25) is 0 Å². The Morgan fingerprint density at radius 3 is 3.06 bits per heavy atom. The third kappa shape index (κ3) is 3.26. The number of benzene rings is 1. The number of nitrogens with two attached hydrogens (primary N) is 1. The normalized spacial score (nSPS) is 18.1. The third-order valence-electron chi connectivity index (χ3n) is 2.74. The number of fused-ring (bicyclic) bond motifs is 1. The Morgan fingerprint density at radius 2 is 2.33 bits per heavy atom. The quantitative estimate of drug-likeness (QED) is 0.480. The van der Waals surface area contributed by atoms with Crippen molar-refractivity contribution in [1.82, 2.24) is 5.32 Å². The van der Waals surface area contributed by atoms with Gasteiger partial charge in [-0.1, -0.05) is 30.4 Å². The number of nitrogens with zero attached hydrogens (tertiary/aromatic N) is 1. The number of nitrogens with one attached hydrogen (secondary N) is 1. The highest BCUT2D eigenvalue weighted by atomic mass is 16.5. The molecule has 1 aromatic carbocycles. The van der Waals surface area contributed by atoms with Crippen molar-refractivity contribution < 1.29 is 4.74 Å². The molecule has 1 aliphatic rings. The Balaban J connectivity index is 1.80. The van der Waals surface area contributed by atoms with Crippen LogP contribution in [0.3, 0.4) is 0 Å². The second kappa shape index (κ2) is 5.58. The van der Waals surface area contributed by atoms with Crippen LogP contribution in [0.5, 0.6) is 5.75 Å². The van der Waals surface area contributed by atoms with E-state index in [1.807, 2.05) is 25.1 Å². The van der Waals surface area contributed by atoms with Crippen LogP contribution in [-0.4, -0.2) is 25.2 Å². The van der Waals surface area contributed by atoms with E-state index in [0.29, 0.717) is 19.0 Å². The van der Waals surface area contributed by atoms with Crippen molar-refractivity contribution in [2.45, 2.75) is 19.4 Å². The first-order valence-electron chi connectivity index (χ1n) is 6.08. The lowest BCUT2D eigenvalue weighted by Gasteiger charge is -2.12. The number of hydrogen-bond donors (Lipinski definition) is 2. The minimum absolute atomic E-state index is 0.126. The number of guanidine groups is 1. The van der Waals surface area contributed by atoms with Gasteiger partial charge in [-0.15, -0.1) is 0 Å². The van der Waals surface area contributed by atoms with Crippen LogP contribution in [0.25, 0.3) is 0 Å². The van der Waals surface area contributed by atoms with Crippen LogP contribution in [0.1, 0.15) is 12.5 Å². The van der Waals surface area contributed by atoms with Crippen molar-refractivity contribution in [2.75, 3.05) is 13.1 Å². The molecular weight excluding hydrogens is 226 g/mol. The minimum atomic E-state index is 0.126. The molecule has 0 spiro atoms. The van der Waals surface area contributed by atoms with Crippen molar-refractivity contribution in [3.05, 3.63) is 42.0 Å². The van der Waals surface area contributed by atoms with Gasteiger partial charge in [0, 0.05) is 6.42 Å². The van der Waals surface area contributed by atoms with E-state index < -0.39 is 0 Å². The molecule has 1 atom stereocenters. The summed E-state index contributed by atoms with van der Waals surface area (Å²) >= 11 is 0. The first-order chi connectivity index (χ1) is 8.65. The molecular formula is C14H19N3O. The fourth-order valence-electron chi connectivity index (χ4n) is 1.86. The van der Waals surface area contributed by atoms with Gasteiger partial charge in [0.2, 0.25) is 0 Å². The number of ether oxygens (including phenoxy) is 1. The molecule has 0 fully saturated rings. The van der Waals surface area contributed by atoms with E-state index in [4.69, 9.17) is 10.5 Å². The Kier molecular flexibility index (Phi) is 3.87. The summed E-state index contributed by atoms with van der Waals surface area (Å²) in [5.74, 6) is 1.42. The Labute approximate surface area is 108 Å². The molecule has 1 aromatic rings. The molecule has 0 aliphatic carbocycles. The highest BCUT2D eigenvalue weighted by Crippen LogP contribution is 2.27. The smallest absolute Gasteiger partial charge is 0.189 e. The van der Waals surface area contributed by atoms with Crippen LogP contribution in [-0.2, 0) is 6.42 Å². The zero-order valence-electron chi connectivity index (χ0n) is 10.6. The monoisotopic (exact) mass is 245 g/mol. The molecule has 4 nitrogen and oxygen atoms in total. The van der Waals surface area contributed by atoms with Crippen LogP contribution in [0.15, 0.2) is 41.4 Å². The van der Waals surface area contributed by atoms with E-state index in [1.54, 1.807) is 0 Å². The molecule has 0 bridgehead atoms. The first kappa shape index (κ1) is 12.5. The van der Waals surface area contributed by atoms with Gasteiger partial charge >= 0.3 is 0 Å². The van der Waals surface area contributed by atoms with E-state index in [-0.39, 0.29) is 6.10 Å². The third-order valence-corrected chi connectivity index (χ3v) is 2.74. The van der Waals surface area contributed by atoms with Crippen LogP contribution in [0.2, 0.25) is 0 Å². The van der Waals surface area contributed by atoms with Crippen LogP contribution in [0, 0.1) is 0 Å². The van der Waals surface area contributed by atoms with Crippen molar-refractivity contribution >= 4 is 5.96 Å². The van der Waals surface area contributed by atoms with E-state index in [1.165, 1.54) is 5.56 Å². The van der Waals surface area contributed by atoms with Crippen molar-refractivity contribution in [3.63, 3.8) is 0 Å². The molecule has 1 heterocycles. The molecule has 0 radical (unpaired) electrons. The standard InChI is InChI=1S/C14H19N3O/c1-10(2)8-16-14(15)17-9-12-7-11-5-3-4-6-13(11)18-12/h3-6,12H,1,7-9H2,2H3,(H3,15,16,17). The van der Waals surface area contributed by atoms with Crippen LogP contribution in [0.4, 0.5) is 0 Å². The second-order valence-electron chi connectivity index (χ2n) is 4.59. The Hall–Kier alpha value is -1.97. The number of aliphatic imine (C=N–C) groups is 1. The van der Waals surface area contributed by atoms with Crippen molar-refractivity contribution in [3.8, 4) is 5.75 Å². The summed E-state index contributed by atoms with van der Waals surface area (Å²) < 4.78 is 5.79. The molecule has 18 heavy (non-hydrogen) atoms. The lowest BCUT2D eigenvalue weighted by atomic mass is 10.1. The van der Waals surface area contributed by atoms with Gasteiger partial charge in [0.15, 0.2) is 5.96 Å². The fourth-order valence-corrected chi connectivity index (χ4v) is 1.86. The van der Waals surface area contributed by atoms with Gasteiger partial charge in [0.05, 0.1) is 13.1 Å². The maximum Gasteiger partial charge on any atom is 0.189 e. The molecule has 0 saturated carbocycles. The van der Waals surface area contributed by atoms with Gasteiger partial charge in [0.25, 0.3) is 0 Å². The molecule has 0 amide bonds. The predicted octanol–water partition coefficient (Wildman–Crippen LogP) is 1.47. The summed E-state index contributed by atoms with van der Waals surface area (Å²) in [5, 5.41) is 3.08. The molecule has 0 aromatic heterocycles. The van der Waals surface area contributed by atoms with Crippen molar-refractivity contribution in [1.29, 1.82) is 0 Å². The average molecular weight is 245 g/mol. The zero-order chi connectivity index (χ0) is 13.0. The van der Waals surface area contributed by atoms with Crippen LogP contribution < -0.4 is 15.8 Å². The molecule has 2 rings (SSSR count). The lowest BCUT2D eigenvalue weighted by Crippen LogP contribution is -2.39. The molecule has 3 N–H and O–H groups in total. The summed E-state index contributed by atoms with van der Waals surface area (Å²) in [6.07, 6.45) is 1.04. The van der Waals surface area contributed by atoms with Gasteiger partial charge in [0.1, 0.15) is 11.9 Å². The SMILES string of the molecule is C=C(C)CN=C(N)NCC1Cc2ccccc2O1. The number of hydrogen-bond acceptors (Lipinski definition) is 2. The van der Waals surface area contributed by atoms with E-state index in [0.717, 1.165) is 17.7 Å². The predicted molar refractivity (Wildman–Crippen MR) is 73.9 cm³/mol. The van der Waals surface area contributed by atoms with E-state index in [2.05, 4.69) is 23.0 Å². The Bertz CT molecular complexity index is 443. The molecule has 1 aliphatic heterocycles. The highest BCUT2D eigenvalue weighted by molar-refractivity contribution is 5.78.